The SMILES string of the molecule is COc1ccc(C[NH+]2CCN(C(=O)COc3cccc(Br)c3)CC2)cc1. The number of hydrogen-bond donors (Lipinski definition) is 1. The summed E-state index contributed by atoms with van der Waals surface area (Å²) in [5.41, 5.74) is 1.29. The van der Waals surface area contributed by atoms with Gasteiger partial charge in [-0.05, 0) is 42.5 Å². The predicted octanol–water partition coefficient (Wildman–Crippen LogP) is 1.76. The Morgan fingerprint density at radius 3 is 2.50 bits per heavy atom. The van der Waals surface area contributed by atoms with Crippen LogP contribution >= 0.6 is 15.9 Å². The van der Waals surface area contributed by atoms with Crippen LogP contribution in [0.5, 0.6) is 11.5 Å². The number of benzene rings is 2. The van der Waals surface area contributed by atoms with Crippen molar-refractivity contribution in [3.63, 3.8) is 0 Å². The maximum atomic E-state index is 12.4. The summed E-state index contributed by atoms with van der Waals surface area (Å²) in [6.07, 6.45) is 0. The van der Waals surface area contributed by atoms with Crippen molar-refractivity contribution in [2.24, 2.45) is 0 Å². The van der Waals surface area contributed by atoms with E-state index < -0.39 is 0 Å². The number of methoxy groups -OCH3 is 1. The second-order valence-electron chi connectivity index (χ2n) is 6.40. The number of halogens is 1. The Bertz CT molecular complexity index is 728. The molecular weight excluding hydrogens is 396 g/mol. The van der Waals surface area contributed by atoms with E-state index in [9.17, 15) is 4.79 Å². The lowest BCUT2D eigenvalue weighted by atomic mass is 10.2. The van der Waals surface area contributed by atoms with Gasteiger partial charge in [0.05, 0.1) is 33.3 Å². The van der Waals surface area contributed by atoms with Gasteiger partial charge in [-0.1, -0.05) is 22.0 Å². The normalized spacial score (nSPS) is 14.9. The van der Waals surface area contributed by atoms with Gasteiger partial charge in [-0.25, -0.2) is 0 Å². The quantitative estimate of drug-likeness (QED) is 0.775. The fourth-order valence-electron chi connectivity index (χ4n) is 3.07. The molecule has 5 nitrogen and oxygen atoms in total. The highest BCUT2D eigenvalue weighted by Gasteiger charge is 2.24. The predicted molar refractivity (Wildman–Crippen MR) is 104 cm³/mol. The second-order valence-corrected chi connectivity index (χ2v) is 7.32. The molecule has 2 aromatic rings. The van der Waals surface area contributed by atoms with Crippen LogP contribution in [0.25, 0.3) is 0 Å². The van der Waals surface area contributed by atoms with Crippen molar-refractivity contribution >= 4 is 21.8 Å². The molecule has 1 amide bonds. The Kier molecular flexibility index (Phi) is 6.52. The first-order chi connectivity index (χ1) is 12.6. The highest BCUT2D eigenvalue weighted by molar-refractivity contribution is 9.10. The maximum Gasteiger partial charge on any atom is 0.260 e. The van der Waals surface area contributed by atoms with E-state index in [4.69, 9.17) is 9.47 Å². The molecule has 3 rings (SSSR count). The van der Waals surface area contributed by atoms with E-state index in [1.807, 2.05) is 41.3 Å². The number of carbonyl (C=O) groups excluding carboxylic acids is 1. The summed E-state index contributed by atoms with van der Waals surface area (Å²) in [6, 6.07) is 15.7. The Balaban J connectivity index is 1.43. The van der Waals surface area contributed by atoms with Crippen molar-refractivity contribution in [1.82, 2.24) is 4.90 Å². The van der Waals surface area contributed by atoms with Crippen LogP contribution in [0.15, 0.2) is 53.0 Å². The lowest BCUT2D eigenvalue weighted by Gasteiger charge is -2.32. The van der Waals surface area contributed by atoms with Crippen LogP contribution < -0.4 is 14.4 Å². The van der Waals surface area contributed by atoms with Crippen LogP contribution in [0.3, 0.4) is 0 Å². The lowest BCUT2D eigenvalue weighted by Crippen LogP contribution is -3.13. The summed E-state index contributed by atoms with van der Waals surface area (Å²) >= 11 is 3.40. The standard InChI is InChI=1S/C20H23BrN2O3/c1-25-18-7-5-16(6-8-18)14-22-9-11-23(12-10-22)20(24)15-26-19-4-2-3-17(21)13-19/h2-8,13H,9-12,14-15H2,1H3/p+1. The zero-order valence-electron chi connectivity index (χ0n) is 14.9. The molecule has 1 heterocycles. The Labute approximate surface area is 162 Å². The Morgan fingerprint density at radius 2 is 1.85 bits per heavy atom. The number of carbonyl (C=O) groups is 1. The van der Waals surface area contributed by atoms with E-state index in [1.165, 1.54) is 10.5 Å². The Morgan fingerprint density at radius 1 is 1.12 bits per heavy atom. The minimum absolute atomic E-state index is 0.0495. The molecule has 1 N–H and O–H groups in total. The monoisotopic (exact) mass is 419 g/mol. The van der Waals surface area contributed by atoms with E-state index in [0.29, 0.717) is 5.75 Å². The van der Waals surface area contributed by atoms with Gasteiger partial charge in [0.1, 0.15) is 18.0 Å². The van der Waals surface area contributed by atoms with Crippen LogP contribution in [0.1, 0.15) is 5.56 Å². The average Bonchev–Trinajstić information content (AvgIpc) is 2.67. The van der Waals surface area contributed by atoms with E-state index in [-0.39, 0.29) is 12.5 Å². The third kappa shape index (κ3) is 5.22. The first kappa shape index (κ1) is 18.7. The highest BCUT2D eigenvalue weighted by Crippen LogP contribution is 2.17. The molecule has 0 bridgehead atoms. The minimum Gasteiger partial charge on any atom is -0.497 e. The minimum atomic E-state index is 0.0495. The first-order valence-electron chi connectivity index (χ1n) is 8.76. The maximum absolute atomic E-state index is 12.4. The molecule has 1 aliphatic rings. The molecule has 0 saturated carbocycles. The van der Waals surface area contributed by atoms with Crippen molar-refractivity contribution in [2.75, 3.05) is 39.9 Å². The van der Waals surface area contributed by atoms with Gasteiger partial charge in [-0.2, -0.15) is 0 Å². The van der Waals surface area contributed by atoms with Crippen LogP contribution in [0.4, 0.5) is 0 Å². The second kappa shape index (κ2) is 9.05. The van der Waals surface area contributed by atoms with Crippen LogP contribution in [0, 0.1) is 0 Å². The number of hydrogen-bond acceptors (Lipinski definition) is 3. The van der Waals surface area contributed by atoms with Crippen molar-refractivity contribution in [1.29, 1.82) is 0 Å². The molecule has 138 valence electrons. The number of nitrogens with one attached hydrogen (secondary N) is 1. The molecule has 0 aromatic heterocycles. The largest absolute Gasteiger partial charge is 0.497 e. The van der Waals surface area contributed by atoms with Crippen molar-refractivity contribution < 1.29 is 19.2 Å². The van der Waals surface area contributed by atoms with Gasteiger partial charge in [0.15, 0.2) is 6.61 Å². The molecule has 0 radical (unpaired) electrons. The lowest BCUT2D eigenvalue weighted by molar-refractivity contribution is -0.917. The number of nitrogens with zero attached hydrogens (tertiary/aromatic N) is 1. The number of quaternary nitrogens is 1. The van der Waals surface area contributed by atoms with E-state index >= 15 is 0 Å². The number of ether oxygens (including phenoxy) is 2. The zero-order valence-corrected chi connectivity index (χ0v) is 16.5. The first-order valence-corrected chi connectivity index (χ1v) is 9.56. The summed E-state index contributed by atoms with van der Waals surface area (Å²) in [7, 11) is 1.68. The van der Waals surface area contributed by atoms with Gasteiger partial charge in [0.2, 0.25) is 0 Å². The smallest absolute Gasteiger partial charge is 0.260 e. The molecule has 0 atom stereocenters. The van der Waals surface area contributed by atoms with Gasteiger partial charge in [-0.3, -0.25) is 4.79 Å². The summed E-state index contributed by atoms with van der Waals surface area (Å²) in [5, 5.41) is 0. The molecule has 6 heteroatoms. The third-order valence-corrected chi connectivity index (χ3v) is 5.09. The van der Waals surface area contributed by atoms with E-state index in [1.54, 1.807) is 7.11 Å². The summed E-state index contributed by atoms with van der Waals surface area (Å²) in [6.45, 7) is 4.51. The zero-order chi connectivity index (χ0) is 18.4. The van der Waals surface area contributed by atoms with Gasteiger partial charge in [-0.15, -0.1) is 0 Å². The average molecular weight is 420 g/mol. The summed E-state index contributed by atoms with van der Waals surface area (Å²) in [5.74, 6) is 1.63. The van der Waals surface area contributed by atoms with Gasteiger partial charge < -0.3 is 19.3 Å². The molecule has 1 saturated heterocycles. The summed E-state index contributed by atoms with van der Waals surface area (Å²) in [4.78, 5) is 15.7. The van der Waals surface area contributed by atoms with Gasteiger partial charge in [0, 0.05) is 10.0 Å². The van der Waals surface area contributed by atoms with Crippen molar-refractivity contribution in [2.45, 2.75) is 6.54 Å². The molecule has 2 aromatic carbocycles. The molecular formula is C20H24BrN2O3+. The van der Waals surface area contributed by atoms with E-state index in [2.05, 4.69) is 28.1 Å². The highest BCUT2D eigenvalue weighted by atomic mass is 79.9. The van der Waals surface area contributed by atoms with E-state index in [0.717, 1.165) is 42.9 Å². The van der Waals surface area contributed by atoms with Crippen LogP contribution in [0.2, 0.25) is 0 Å². The topological polar surface area (TPSA) is 43.2 Å². The fraction of sp³-hybridized carbons (Fsp3) is 0.350. The van der Waals surface area contributed by atoms with Crippen molar-refractivity contribution in [3.8, 4) is 11.5 Å². The van der Waals surface area contributed by atoms with Crippen molar-refractivity contribution in [3.05, 3.63) is 58.6 Å². The third-order valence-electron chi connectivity index (χ3n) is 4.59. The number of rotatable bonds is 6. The molecule has 1 fully saturated rings. The van der Waals surface area contributed by atoms with Gasteiger partial charge >= 0.3 is 0 Å². The Hall–Kier alpha value is -2.05. The van der Waals surface area contributed by atoms with Crippen LogP contribution in [-0.4, -0.2) is 50.7 Å². The van der Waals surface area contributed by atoms with Crippen LogP contribution in [-0.2, 0) is 11.3 Å². The summed E-state index contributed by atoms with van der Waals surface area (Å²) < 4.78 is 11.7. The molecule has 0 aliphatic carbocycles. The number of amides is 1. The number of piperazine rings is 1. The fourth-order valence-corrected chi connectivity index (χ4v) is 3.45. The van der Waals surface area contributed by atoms with Gasteiger partial charge in [0.25, 0.3) is 5.91 Å². The molecule has 1 aliphatic heterocycles. The molecule has 26 heavy (non-hydrogen) atoms. The molecule has 0 spiro atoms. The molecule has 0 unspecified atom stereocenters.